The molecule has 1 unspecified atom stereocenters. The first-order chi connectivity index (χ1) is 8.13. The van der Waals surface area contributed by atoms with E-state index in [9.17, 15) is 10.1 Å². The molecule has 1 saturated carbocycles. The molecule has 1 N–H and O–H groups in total. The maximum Gasteiger partial charge on any atom is 0.309 e. The third-order valence-corrected chi connectivity index (χ3v) is 3.05. The van der Waals surface area contributed by atoms with Gasteiger partial charge in [-0.15, -0.1) is 0 Å². The molecule has 1 fully saturated rings. The molecule has 0 radical (unpaired) electrons. The van der Waals surface area contributed by atoms with Crippen LogP contribution in [0.4, 0.5) is 11.4 Å². The minimum atomic E-state index is -0.499. The topological polar surface area (TPSA) is 79.0 Å². The number of para-hydroxylation sites is 1. The number of hydrogen-bond donors (Lipinski definition) is 1. The van der Waals surface area contributed by atoms with E-state index >= 15 is 0 Å². The minimum absolute atomic E-state index is 0.1000. The van der Waals surface area contributed by atoms with Gasteiger partial charge >= 0.3 is 5.69 Å². The van der Waals surface area contributed by atoms with E-state index in [1.807, 2.05) is 13.0 Å². The molecular weight excluding hydrogens is 218 g/mol. The van der Waals surface area contributed by atoms with Crippen LogP contribution in [0.5, 0.6) is 0 Å². The Hall–Kier alpha value is -2.09. The van der Waals surface area contributed by atoms with Crippen LogP contribution in [0.25, 0.3) is 0 Å². The quantitative estimate of drug-likeness (QED) is 0.638. The lowest BCUT2D eigenvalue weighted by molar-refractivity contribution is -0.384. The lowest BCUT2D eigenvalue weighted by Gasteiger charge is -2.14. The molecule has 5 nitrogen and oxygen atoms in total. The van der Waals surface area contributed by atoms with Gasteiger partial charge in [-0.3, -0.25) is 10.1 Å². The Morgan fingerprint density at radius 1 is 1.59 bits per heavy atom. The van der Waals surface area contributed by atoms with Crippen LogP contribution < -0.4 is 5.32 Å². The molecule has 0 heterocycles. The van der Waals surface area contributed by atoms with Gasteiger partial charge in [0.05, 0.1) is 4.92 Å². The zero-order chi connectivity index (χ0) is 12.4. The van der Waals surface area contributed by atoms with Gasteiger partial charge in [-0.2, -0.15) is 5.26 Å². The van der Waals surface area contributed by atoms with Crippen LogP contribution in [-0.2, 0) is 0 Å². The van der Waals surface area contributed by atoms with E-state index in [0.717, 1.165) is 0 Å². The van der Waals surface area contributed by atoms with Gasteiger partial charge in [0.2, 0.25) is 0 Å². The number of nitriles is 1. The second-order valence-corrected chi connectivity index (χ2v) is 4.34. The van der Waals surface area contributed by atoms with Crippen LogP contribution in [0.15, 0.2) is 18.2 Å². The summed E-state index contributed by atoms with van der Waals surface area (Å²) < 4.78 is 0. The largest absolute Gasteiger partial charge is 0.377 e. The van der Waals surface area contributed by atoms with Crippen LogP contribution in [0.2, 0.25) is 0 Å². The van der Waals surface area contributed by atoms with Gasteiger partial charge in [0.25, 0.3) is 0 Å². The second-order valence-electron chi connectivity index (χ2n) is 4.34. The van der Waals surface area contributed by atoms with E-state index in [2.05, 4.69) is 5.32 Å². The van der Waals surface area contributed by atoms with Crippen molar-refractivity contribution < 1.29 is 4.92 Å². The van der Waals surface area contributed by atoms with Crippen LogP contribution in [-0.4, -0.2) is 11.0 Å². The Morgan fingerprint density at radius 2 is 2.29 bits per heavy atom. The highest BCUT2D eigenvalue weighted by Crippen LogP contribution is 2.36. The number of rotatable bonds is 4. The minimum Gasteiger partial charge on any atom is -0.377 e. The van der Waals surface area contributed by atoms with Crippen LogP contribution in [0, 0.1) is 27.4 Å². The summed E-state index contributed by atoms with van der Waals surface area (Å²) in [6, 6.07) is 6.84. The van der Waals surface area contributed by atoms with Crippen LogP contribution in [0.1, 0.15) is 25.3 Å². The summed E-state index contributed by atoms with van der Waals surface area (Å²) in [5, 5.41) is 23.0. The maximum atomic E-state index is 11.0. The number of nitrogens with zero attached hydrogens (tertiary/aromatic N) is 2. The number of anilines is 1. The summed E-state index contributed by atoms with van der Waals surface area (Å²) in [6.07, 6.45) is 2.33. The van der Waals surface area contributed by atoms with Crippen molar-refractivity contribution in [1.82, 2.24) is 0 Å². The zero-order valence-electron chi connectivity index (χ0n) is 9.51. The van der Waals surface area contributed by atoms with Gasteiger partial charge in [-0.25, -0.2) is 0 Å². The Bertz CT molecular complexity index is 489. The lowest BCUT2D eigenvalue weighted by atomic mass is 10.1. The Balaban J connectivity index is 2.32. The third-order valence-electron chi connectivity index (χ3n) is 3.05. The normalized spacial score (nSPS) is 16.0. The molecule has 88 valence electrons. The summed E-state index contributed by atoms with van der Waals surface area (Å²) in [6.45, 7) is 2.01. The van der Waals surface area contributed by atoms with Crippen molar-refractivity contribution in [1.29, 1.82) is 5.26 Å². The SMILES string of the molecule is CC(Nc1cccc(C#N)c1[N+](=O)[O-])C1CC1. The number of hydrogen-bond acceptors (Lipinski definition) is 4. The van der Waals surface area contributed by atoms with E-state index < -0.39 is 4.92 Å². The molecule has 5 heteroatoms. The van der Waals surface area contributed by atoms with E-state index in [1.165, 1.54) is 18.9 Å². The Morgan fingerprint density at radius 3 is 2.82 bits per heavy atom. The molecule has 1 aliphatic rings. The van der Waals surface area contributed by atoms with Crippen molar-refractivity contribution in [3.8, 4) is 6.07 Å². The molecule has 1 aromatic rings. The Labute approximate surface area is 99.2 Å². The molecule has 1 aliphatic carbocycles. The molecule has 1 atom stereocenters. The lowest BCUT2D eigenvalue weighted by Crippen LogP contribution is -2.18. The monoisotopic (exact) mass is 231 g/mol. The van der Waals surface area contributed by atoms with E-state index in [0.29, 0.717) is 11.6 Å². The number of nitro groups is 1. The fraction of sp³-hybridized carbons (Fsp3) is 0.417. The summed E-state index contributed by atoms with van der Waals surface area (Å²) in [5.41, 5.74) is 0.416. The van der Waals surface area contributed by atoms with Gasteiger partial charge in [0, 0.05) is 6.04 Å². The summed E-state index contributed by atoms with van der Waals surface area (Å²) in [5.74, 6) is 0.598. The Kier molecular flexibility index (Phi) is 2.96. The molecule has 0 aromatic heterocycles. The third kappa shape index (κ3) is 2.36. The van der Waals surface area contributed by atoms with Crippen molar-refractivity contribution in [3.63, 3.8) is 0 Å². The van der Waals surface area contributed by atoms with Crippen molar-refractivity contribution in [2.24, 2.45) is 5.92 Å². The highest BCUT2D eigenvalue weighted by atomic mass is 16.6. The first-order valence-electron chi connectivity index (χ1n) is 5.57. The van der Waals surface area contributed by atoms with E-state index in [1.54, 1.807) is 12.1 Å². The first-order valence-corrected chi connectivity index (χ1v) is 5.57. The van der Waals surface area contributed by atoms with Gasteiger partial charge in [-0.05, 0) is 37.8 Å². The van der Waals surface area contributed by atoms with Crippen molar-refractivity contribution >= 4 is 11.4 Å². The summed E-state index contributed by atoms with van der Waals surface area (Å²) in [7, 11) is 0. The second kappa shape index (κ2) is 4.42. The van der Waals surface area contributed by atoms with Crippen molar-refractivity contribution in [2.45, 2.75) is 25.8 Å². The standard InChI is InChI=1S/C12H13N3O2/c1-8(9-5-6-9)14-11-4-2-3-10(7-13)12(11)15(16)17/h2-4,8-9,14H,5-6H2,1H3. The molecule has 0 saturated heterocycles. The van der Waals surface area contributed by atoms with Gasteiger partial charge in [0.15, 0.2) is 0 Å². The number of nitrogens with one attached hydrogen (secondary N) is 1. The highest BCUT2D eigenvalue weighted by molar-refractivity contribution is 5.68. The predicted molar refractivity (Wildman–Crippen MR) is 63.6 cm³/mol. The molecular formula is C12H13N3O2. The molecule has 2 rings (SSSR count). The number of nitro benzene ring substituents is 1. The van der Waals surface area contributed by atoms with Gasteiger partial charge < -0.3 is 5.32 Å². The average molecular weight is 231 g/mol. The molecule has 0 aliphatic heterocycles. The summed E-state index contributed by atoms with van der Waals surface area (Å²) >= 11 is 0. The molecule has 1 aromatic carbocycles. The van der Waals surface area contributed by atoms with E-state index in [-0.39, 0.29) is 17.3 Å². The van der Waals surface area contributed by atoms with E-state index in [4.69, 9.17) is 5.26 Å². The molecule has 0 spiro atoms. The molecule has 17 heavy (non-hydrogen) atoms. The van der Waals surface area contributed by atoms with Gasteiger partial charge in [0.1, 0.15) is 17.3 Å². The van der Waals surface area contributed by atoms with Crippen molar-refractivity contribution in [3.05, 3.63) is 33.9 Å². The fourth-order valence-corrected chi connectivity index (χ4v) is 1.91. The average Bonchev–Trinajstić information content (AvgIpc) is 3.11. The summed E-state index contributed by atoms with van der Waals surface area (Å²) in [4.78, 5) is 10.5. The van der Waals surface area contributed by atoms with Gasteiger partial charge in [-0.1, -0.05) is 6.07 Å². The zero-order valence-corrected chi connectivity index (χ0v) is 9.51. The fourth-order valence-electron chi connectivity index (χ4n) is 1.91. The molecule has 0 bridgehead atoms. The smallest absolute Gasteiger partial charge is 0.309 e. The van der Waals surface area contributed by atoms with Crippen molar-refractivity contribution in [2.75, 3.05) is 5.32 Å². The predicted octanol–water partition coefficient (Wildman–Crippen LogP) is 2.68. The first kappa shape index (κ1) is 11.4. The van der Waals surface area contributed by atoms with Crippen LogP contribution in [0.3, 0.4) is 0 Å². The van der Waals surface area contributed by atoms with Crippen LogP contribution >= 0.6 is 0 Å². The molecule has 0 amide bonds. The number of benzene rings is 1. The highest BCUT2D eigenvalue weighted by Gasteiger charge is 2.29. The maximum absolute atomic E-state index is 11.0.